The average Bonchev–Trinajstić information content (AvgIpc) is 3.33. The summed E-state index contributed by atoms with van der Waals surface area (Å²) in [6.45, 7) is 9.55. The van der Waals surface area contributed by atoms with Gasteiger partial charge in [0.05, 0.1) is 25.9 Å². The third kappa shape index (κ3) is 6.21. The molecule has 5 rings (SSSR count). The zero-order valence-electron chi connectivity index (χ0n) is 26.4. The molecule has 4 aromatic carbocycles. The molecule has 0 saturated carbocycles. The number of hydrogen-bond acceptors (Lipinski definition) is 6. The number of rotatable bonds is 12. The summed E-state index contributed by atoms with van der Waals surface area (Å²) in [6, 6.07) is 34.8. The number of fused-ring (bicyclic) bond motifs is 3. The van der Waals surface area contributed by atoms with Gasteiger partial charge in [-0.1, -0.05) is 115 Å². The van der Waals surface area contributed by atoms with Gasteiger partial charge in [-0.05, 0) is 60.6 Å². The maximum atomic E-state index is 14.5. The number of carbonyl (C=O) groups excluding carboxylic acids is 2. The molecule has 0 fully saturated rings. The van der Waals surface area contributed by atoms with E-state index in [9.17, 15) is 9.59 Å². The monoisotopic (exact) mass is 603 g/mol. The van der Waals surface area contributed by atoms with E-state index in [1.54, 1.807) is 6.08 Å². The Balaban J connectivity index is 1.73. The van der Waals surface area contributed by atoms with Crippen molar-refractivity contribution in [2.75, 3.05) is 13.7 Å². The van der Waals surface area contributed by atoms with Crippen LogP contribution in [0.4, 0.5) is 0 Å². The van der Waals surface area contributed by atoms with Crippen LogP contribution in [0.3, 0.4) is 0 Å². The largest absolute Gasteiger partial charge is 0.468 e. The Labute approximate surface area is 266 Å². The molecule has 45 heavy (non-hydrogen) atoms. The van der Waals surface area contributed by atoms with Crippen molar-refractivity contribution in [3.63, 3.8) is 0 Å². The van der Waals surface area contributed by atoms with Crippen molar-refractivity contribution >= 4 is 11.9 Å². The number of methoxy groups -OCH3 is 1. The highest BCUT2D eigenvalue weighted by Gasteiger charge is 2.56. The van der Waals surface area contributed by atoms with Crippen LogP contribution in [0.15, 0.2) is 122 Å². The van der Waals surface area contributed by atoms with E-state index in [0.29, 0.717) is 0 Å². The Hall–Kier alpha value is -4.52. The predicted molar refractivity (Wildman–Crippen MR) is 176 cm³/mol. The van der Waals surface area contributed by atoms with E-state index in [4.69, 9.17) is 14.2 Å². The van der Waals surface area contributed by atoms with Crippen molar-refractivity contribution in [1.82, 2.24) is 5.32 Å². The Morgan fingerprint density at radius 2 is 1.36 bits per heavy atom. The first-order chi connectivity index (χ1) is 21.7. The second-order valence-electron chi connectivity index (χ2n) is 12.4. The van der Waals surface area contributed by atoms with Gasteiger partial charge in [0.2, 0.25) is 0 Å². The van der Waals surface area contributed by atoms with Crippen LogP contribution < -0.4 is 5.32 Å². The van der Waals surface area contributed by atoms with Gasteiger partial charge >= 0.3 is 11.9 Å². The van der Waals surface area contributed by atoms with Crippen LogP contribution >= 0.6 is 0 Å². The first-order valence-corrected chi connectivity index (χ1v) is 15.2. The lowest BCUT2D eigenvalue weighted by atomic mass is 9.73. The minimum atomic E-state index is -1.53. The number of esters is 2. The van der Waals surface area contributed by atoms with Crippen LogP contribution in [0.25, 0.3) is 11.1 Å². The summed E-state index contributed by atoms with van der Waals surface area (Å²) in [4.78, 5) is 28.6. The fourth-order valence-corrected chi connectivity index (χ4v) is 6.38. The Morgan fingerprint density at radius 3 is 1.89 bits per heavy atom. The smallest absolute Gasteiger partial charge is 0.325 e. The van der Waals surface area contributed by atoms with Crippen molar-refractivity contribution in [2.45, 2.75) is 51.0 Å². The molecule has 0 amide bonds. The quantitative estimate of drug-likeness (QED) is 0.136. The molecular weight excluding hydrogens is 562 g/mol. The third-order valence-electron chi connectivity index (χ3n) is 8.29. The Bertz CT molecular complexity index is 1600. The lowest BCUT2D eigenvalue weighted by Crippen LogP contribution is -2.63. The molecule has 6 nitrogen and oxygen atoms in total. The number of allylic oxidation sites excluding steroid dienone is 1. The molecule has 1 N–H and O–H groups in total. The molecule has 4 aromatic rings. The van der Waals surface area contributed by atoms with Crippen molar-refractivity contribution < 1.29 is 23.8 Å². The topological polar surface area (TPSA) is 73.9 Å². The number of ether oxygens (including phenoxy) is 3. The molecule has 2 atom stereocenters. The van der Waals surface area contributed by atoms with Crippen LogP contribution in [0.5, 0.6) is 0 Å². The summed E-state index contributed by atoms with van der Waals surface area (Å²) in [5, 5.41) is 3.77. The van der Waals surface area contributed by atoms with E-state index in [2.05, 4.69) is 36.2 Å². The van der Waals surface area contributed by atoms with Crippen molar-refractivity contribution in [3.05, 3.63) is 144 Å². The van der Waals surface area contributed by atoms with E-state index in [1.165, 1.54) is 7.11 Å². The van der Waals surface area contributed by atoms with E-state index < -0.39 is 34.5 Å². The molecule has 0 aromatic heterocycles. The molecule has 0 aliphatic heterocycles. The van der Waals surface area contributed by atoms with Gasteiger partial charge < -0.3 is 14.2 Å². The van der Waals surface area contributed by atoms with Crippen molar-refractivity contribution in [1.29, 1.82) is 0 Å². The van der Waals surface area contributed by atoms with Gasteiger partial charge in [0, 0.05) is 0 Å². The zero-order chi connectivity index (χ0) is 32.1. The van der Waals surface area contributed by atoms with Gasteiger partial charge in [0.25, 0.3) is 0 Å². The van der Waals surface area contributed by atoms with Crippen LogP contribution in [0.1, 0.15) is 49.4 Å². The highest BCUT2D eigenvalue weighted by molar-refractivity contribution is 5.90. The highest BCUT2D eigenvalue weighted by Crippen LogP contribution is 2.52. The number of nitrogens with one attached hydrogen (secondary N) is 1. The minimum Gasteiger partial charge on any atom is -0.468 e. The Kier molecular flexibility index (Phi) is 9.37. The highest BCUT2D eigenvalue weighted by atomic mass is 16.6. The predicted octanol–water partition coefficient (Wildman–Crippen LogP) is 7.21. The van der Waals surface area contributed by atoms with E-state index in [0.717, 1.165) is 33.4 Å². The van der Waals surface area contributed by atoms with Crippen LogP contribution in [-0.2, 0) is 35.9 Å². The molecule has 1 aliphatic carbocycles. The lowest BCUT2D eigenvalue weighted by Gasteiger charge is -2.44. The van der Waals surface area contributed by atoms with Crippen LogP contribution in [0, 0.1) is 5.41 Å². The first kappa shape index (κ1) is 31.9. The average molecular weight is 604 g/mol. The Morgan fingerprint density at radius 1 is 0.822 bits per heavy atom. The molecule has 6 heteroatoms. The maximum Gasteiger partial charge on any atom is 0.325 e. The van der Waals surface area contributed by atoms with Gasteiger partial charge in [-0.3, -0.25) is 14.9 Å². The maximum absolute atomic E-state index is 14.5. The summed E-state index contributed by atoms with van der Waals surface area (Å²) in [6.07, 6.45) is 1.73. The third-order valence-corrected chi connectivity index (χ3v) is 8.29. The van der Waals surface area contributed by atoms with Crippen molar-refractivity contribution in [3.8, 4) is 11.1 Å². The molecule has 0 spiro atoms. The van der Waals surface area contributed by atoms with Crippen molar-refractivity contribution in [2.24, 2.45) is 5.41 Å². The normalized spacial score (nSPS) is 15.2. The second kappa shape index (κ2) is 13.2. The molecule has 1 aliphatic rings. The number of hydrogen-bond donors (Lipinski definition) is 1. The molecule has 0 saturated heterocycles. The molecule has 2 unspecified atom stereocenters. The number of benzene rings is 4. The fraction of sp³-hybridized carbons (Fsp3) is 0.282. The van der Waals surface area contributed by atoms with E-state index in [-0.39, 0.29) is 19.6 Å². The van der Waals surface area contributed by atoms with E-state index >= 15 is 0 Å². The van der Waals surface area contributed by atoms with Gasteiger partial charge in [0.15, 0.2) is 0 Å². The van der Waals surface area contributed by atoms with Gasteiger partial charge in [-0.25, -0.2) is 0 Å². The van der Waals surface area contributed by atoms with Crippen LogP contribution in [0.2, 0.25) is 0 Å². The molecule has 0 heterocycles. The standard InChI is InChI=1S/C39H41NO5/c1-6-25-38(36(42)43-5,27-44-26-28-17-9-7-10-18-28)34(35(41)45-37(2,3)4)40-39(29-19-11-8-12-20-29)32-23-15-13-21-30(32)31-22-14-16-24-33(31)39/h6-24,34,40H,1,25-27H2,2-5H3. The zero-order valence-corrected chi connectivity index (χ0v) is 26.4. The second-order valence-corrected chi connectivity index (χ2v) is 12.4. The first-order valence-electron chi connectivity index (χ1n) is 15.2. The van der Waals surface area contributed by atoms with Gasteiger partial charge in [-0.2, -0.15) is 0 Å². The summed E-state index contributed by atoms with van der Waals surface area (Å²) >= 11 is 0. The summed E-state index contributed by atoms with van der Waals surface area (Å²) < 4.78 is 17.8. The summed E-state index contributed by atoms with van der Waals surface area (Å²) in [5.41, 5.74) is 2.50. The minimum absolute atomic E-state index is 0.0968. The summed E-state index contributed by atoms with van der Waals surface area (Å²) in [5.74, 6) is -1.18. The van der Waals surface area contributed by atoms with Crippen LogP contribution in [-0.4, -0.2) is 37.3 Å². The molecule has 232 valence electrons. The molecular formula is C39H41NO5. The molecule has 0 radical (unpaired) electrons. The van der Waals surface area contributed by atoms with E-state index in [1.807, 2.05) is 106 Å². The van der Waals surface area contributed by atoms with Gasteiger partial charge in [-0.15, -0.1) is 6.58 Å². The number of carbonyl (C=O) groups is 2. The lowest BCUT2D eigenvalue weighted by molar-refractivity contribution is -0.175. The summed E-state index contributed by atoms with van der Waals surface area (Å²) in [7, 11) is 1.33. The molecule has 0 bridgehead atoms. The van der Waals surface area contributed by atoms with Gasteiger partial charge in [0.1, 0.15) is 17.1 Å². The fourth-order valence-electron chi connectivity index (χ4n) is 6.38. The SMILES string of the molecule is C=CCC(COCc1ccccc1)(C(=O)OC)C(NC1(c2ccccc2)c2ccccc2-c2ccccc21)C(=O)OC(C)(C)C.